The van der Waals surface area contributed by atoms with Gasteiger partial charge >= 0.3 is 12.2 Å². The van der Waals surface area contributed by atoms with E-state index in [1.54, 1.807) is 23.2 Å². The SMILES string of the molecule is CCC(NC(=O)OC1CCOCC1)C(O)N1CCCC1c1ncc(-c2ccc(C#Cc3ccc4nc(C5CCCN5C(=O)C(NC(=O)OC5CCOCC5)c5ccccc5)[nH]c4c3)cc2F)[nH]1. The van der Waals surface area contributed by atoms with Crippen molar-refractivity contribution in [3.05, 3.63) is 107 Å². The average molecular weight is 917 g/mol. The maximum absolute atomic E-state index is 15.7. The predicted molar refractivity (Wildman–Crippen MR) is 245 cm³/mol. The fourth-order valence-electron chi connectivity index (χ4n) is 9.52. The third-order valence-electron chi connectivity index (χ3n) is 13.1. The Balaban J connectivity index is 0.843. The van der Waals surface area contributed by atoms with E-state index in [4.69, 9.17) is 23.9 Å². The number of aliphatic hydroxyl groups is 1. The van der Waals surface area contributed by atoms with Crippen LogP contribution in [0.25, 0.3) is 22.3 Å². The molecule has 2 aromatic heterocycles. The van der Waals surface area contributed by atoms with Crippen molar-refractivity contribution in [3.63, 3.8) is 0 Å². The highest BCUT2D eigenvalue weighted by Crippen LogP contribution is 2.36. The first kappa shape index (κ1) is 45.8. The molecule has 4 aliphatic heterocycles. The van der Waals surface area contributed by atoms with Crippen LogP contribution in [0, 0.1) is 17.7 Å². The third kappa shape index (κ3) is 10.8. The summed E-state index contributed by atoms with van der Waals surface area (Å²) in [4.78, 5) is 60.0. The number of H-pyrrole nitrogens is 2. The molecule has 0 radical (unpaired) electrons. The first-order valence-electron chi connectivity index (χ1n) is 23.5. The second-order valence-electron chi connectivity index (χ2n) is 17.6. The Bertz CT molecular complexity index is 2580. The molecule has 0 bridgehead atoms. The van der Waals surface area contributed by atoms with Gasteiger partial charge in [-0.25, -0.2) is 23.9 Å². The zero-order valence-electron chi connectivity index (χ0n) is 37.5. The quantitative estimate of drug-likeness (QED) is 0.0814. The van der Waals surface area contributed by atoms with Crippen LogP contribution < -0.4 is 10.6 Å². The number of amides is 3. The van der Waals surface area contributed by atoms with Gasteiger partial charge in [-0.05, 0) is 74.1 Å². The number of likely N-dealkylation sites (tertiary alicyclic amines) is 2. The van der Waals surface area contributed by atoms with Gasteiger partial charge in [0.1, 0.15) is 41.9 Å². The van der Waals surface area contributed by atoms with Crippen LogP contribution in [-0.4, -0.2) is 117 Å². The number of ether oxygens (including phenoxy) is 4. The zero-order chi connectivity index (χ0) is 46.3. The Hall–Kier alpha value is -6.32. The van der Waals surface area contributed by atoms with E-state index in [9.17, 15) is 19.5 Å². The number of aromatic amines is 2. The maximum Gasteiger partial charge on any atom is 0.408 e. The van der Waals surface area contributed by atoms with Crippen molar-refractivity contribution < 1.29 is 42.8 Å². The molecule has 5 N–H and O–H groups in total. The van der Waals surface area contributed by atoms with E-state index < -0.39 is 36.3 Å². The van der Waals surface area contributed by atoms with Crippen LogP contribution in [0.1, 0.15) is 111 Å². The number of hydrogen-bond donors (Lipinski definition) is 5. The fraction of sp³-hybridized carbons (Fsp3) is 0.460. The molecule has 16 nitrogen and oxygen atoms in total. The lowest BCUT2D eigenvalue weighted by atomic mass is 10.0. The smallest absolute Gasteiger partial charge is 0.408 e. The number of carbonyl (C=O) groups is 3. The molecule has 9 rings (SSSR count). The minimum atomic E-state index is -0.976. The van der Waals surface area contributed by atoms with Gasteiger partial charge in [0.05, 0.1) is 67.5 Å². The summed E-state index contributed by atoms with van der Waals surface area (Å²) in [5.74, 6) is 6.78. The minimum absolute atomic E-state index is 0.206. The normalized spacial score (nSPS) is 20.7. The first-order valence-corrected chi connectivity index (χ1v) is 23.5. The molecule has 5 atom stereocenters. The molecule has 4 fully saturated rings. The number of nitrogens with one attached hydrogen (secondary N) is 4. The van der Waals surface area contributed by atoms with Crippen molar-refractivity contribution in [2.24, 2.45) is 0 Å². The molecule has 3 aromatic carbocycles. The predicted octanol–water partition coefficient (Wildman–Crippen LogP) is 6.94. The molecule has 3 amide bonds. The summed E-state index contributed by atoms with van der Waals surface area (Å²) in [7, 11) is 0. The number of rotatable bonds is 12. The third-order valence-corrected chi connectivity index (χ3v) is 13.1. The highest BCUT2D eigenvalue weighted by atomic mass is 19.1. The molecule has 4 saturated heterocycles. The summed E-state index contributed by atoms with van der Waals surface area (Å²) in [6, 6.07) is 17.5. The number of hydrogen-bond acceptors (Lipinski definition) is 11. The lowest BCUT2D eigenvalue weighted by Gasteiger charge is -2.34. The fourth-order valence-corrected chi connectivity index (χ4v) is 9.52. The molecule has 67 heavy (non-hydrogen) atoms. The Kier molecular flexibility index (Phi) is 14.4. The van der Waals surface area contributed by atoms with Gasteiger partial charge in [-0.15, -0.1) is 0 Å². The topological polar surface area (TPSA) is 196 Å². The largest absolute Gasteiger partial charge is 0.446 e. The molecule has 17 heteroatoms. The second kappa shape index (κ2) is 21.1. The summed E-state index contributed by atoms with van der Waals surface area (Å²) < 4.78 is 37.8. The van der Waals surface area contributed by atoms with Gasteiger partial charge in [0.2, 0.25) is 0 Å². The molecule has 0 aliphatic carbocycles. The number of fused-ring (bicyclic) bond motifs is 1. The van der Waals surface area contributed by atoms with E-state index in [0.29, 0.717) is 118 Å². The van der Waals surface area contributed by atoms with E-state index in [1.165, 1.54) is 6.07 Å². The Morgan fingerprint density at radius 1 is 0.821 bits per heavy atom. The van der Waals surface area contributed by atoms with E-state index in [1.807, 2.05) is 60.4 Å². The van der Waals surface area contributed by atoms with E-state index in [0.717, 1.165) is 30.3 Å². The first-order chi connectivity index (χ1) is 32.7. The summed E-state index contributed by atoms with van der Waals surface area (Å²) in [5.41, 5.74) is 4.15. The lowest BCUT2D eigenvalue weighted by molar-refractivity contribution is -0.134. The van der Waals surface area contributed by atoms with Crippen LogP contribution in [0.4, 0.5) is 14.0 Å². The van der Waals surface area contributed by atoms with Crippen molar-refractivity contribution in [3.8, 4) is 23.1 Å². The Morgan fingerprint density at radius 2 is 1.48 bits per heavy atom. The van der Waals surface area contributed by atoms with E-state index in [2.05, 4.69) is 37.4 Å². The van der Waals surface area contributed by atoms with Crippen LogP contribution in [0.15, 0.2) is 72.9 Å². The summed E-state index contributed by atoms with van der Waals surface area (Å²) in [6.45, 7) is 5.18. The second-order valence-corrected chi connectivity index (χ2v) is 17.6. The van der Waals surface area contributed by atoms with Gasteiger partial charge in [-0.1, -0.05) is 49.1 Å². The molecule has 0 spiro atoms. The molecule has 4 aliphatic rings. The van der Waals surface area contributed by atoms with Crippen molar-refractivity contribution in [1.29, 1.82) is 0 Å². The highest BCUT2D eigenvalue weighted by molar-refractivity contribution is 5.87. The Morgan fingerprint density at radius 3 is 2.18 bits per heavy atom. The van der Waals surface area contributed by atoms with Crippen molar-refractivity contribution >= 4 is 29.1 Å². The monoisotopic (exact) mass is 916 g/mol. The van der Waals surface area contributed by atoms with E-state index in [-0.39, 0.29) is 30.2 Å². The van der Waals surface area contributed by atoms with Crippen LogP contribution in [0.3, 0.4) is 0 Å². The molecule has 5 aromatic rings. The number of benzene rings is 3. The Labute approximate surface area is 388 Å². The van der Waals surface area contributed by atoms with Gasteiger partial charge in [0.25, 0.3) is 5.91 Å². The lowest BCUT2D eigenvalue weighted by Crippen LogP contribution is -2.52. The minimum Gasteiger partial charge on any atom is -0.446 e. The molecule has 5 unspecified atom stereocenters. The van der Waals surface area contributed by atoms with Crippen LogP contribution in [0.5, 0.6) is 0 Å². The number of imidazole rings is 2. The van der Waals surface area contributed by atoms with Gasteiger partial charge in [0.15, 0.2) is 0 Å². The summed E-state index contributed by atoms with van der Waals surface area (Å²) in [6.07, 6.45) is 5.00. The highest BCUT2D eigenvalue weighted by Gasteiger charge is 2.39. The summed E-state index contributed by atoms with van der Waals surface area (Å²) in [5, 5.41) is 17.2. The average Bonchev–Trinajstić information content (AvgIpc) is 4.20. The molecule has 0 saturated carbocycles. The van der Waals surface area contributed by atoms with Gasteiger partial charge in [-0.2, -0.15) is 0 Å². The van der Waals surface area contributed by atoms with Gasteiger partial charge in [-0.3, -0.25) is 9.69 Å². The standard InChI is InChI=1S/C50H57FN8O8/c1-2-38(56-49(62)66-34-18-24-64-25-19-34)47(60)58-22-6-10-42(58)45-52-30-41(55-45)36-16-14-31(28-37(36)51)12-13-32-15-17-39-40(29-32)54-46(53-39)43-11-7-23-59(43)48(61)44(33-8-4-3-5-9-33)57-50(63)67-35-20-26-65-27-21-35/h3-5,8-9,14-17,28-30,34-35,38,42-44,47,60H,2,6-7,10-11,18-27H2,1H3,(H,52,55)(H,53,54)(H,56,62)(H,57,63). The van der Waals surface area contributed by atoms with Crippen LogP contribution in [0.2, 0.25) is 0 Å². The zero-order valence-corrected chi connectivity index (χ0v) is 37.5. The van der Waals surface area contributed by atoms with E-state index >= 15 is 4.39 Å². The number of aliphatic hydroxyl groups excluding tert-OH is 1. The molecular formula is C50H57FN8O8. The molecular weight excluding hydrogens is 860 g/mol. The summed E-state index contributed by atoms with van der Waals surface area (Å²) >= 11 is 0. The van der Waals surface area contributed by atoms with Crippen molar-refractivity contribution in [1.82, 2.24) is 40.4 Å². The van der Waals surface area contributed by atoms with Crippen LogP contribution in [-0.2, 0) is 23.7 Å². The number of alkyl carbamates (subject to hydrolysis) is 2. The maximum atomic E-state index is 15.7. The van der Waals surface area contributed by atoms with Crippen LogP contribution >= 0.6 is 0 Å². The van der Waals surface area contributed by atoms with Gasteiger partial charge in [0, 0.05) is 55.5 Å². The number of carbonyl (C=O) groups excluding carboxylic acids is 3. The molecule has 6 heterocycles. The van der Waals surface area contributed by atoms with Crippen molar-refractivity contribution in [2.75, 3.05) is 39.5 Å². The van der Waals surface area contributed by atoms with Crippen molar-refractivity contribution in [2.45, 2.75) is 107 Å². The number of halogens is 1. The number of aromatic nitrogens is 4. The van der Waals surface area contributed by atoms with Gasteiger partial charge < -0.3 is 49.6 Å². The number of nitrogens with zero attached hydrogens (tertiary/aromatic N) is 4. The molecule has 352 valence electrons.